The summed E-state index contributed by atoms with van der Waals surface area (Å²) < 4.78 is 24.9. The van der Waals surface area contributed by atoms with E-state index < -0.39 is 23.0 Å². The van der Waals surface area contributed by atoms with Gasteiger partial charge in [-0.25, -0.2) is 9.78 Å². The molecule has 1 aromatic carbocycles. The summed E-state index contributed by atoms with van der Waals surface area (Å²) in [6, 6.07) is 9.91. The van der Waals surface area contributed by atoms with Crippen LogP contribution in [-0.2, 0) is 17.9 Å². The summed E-state index contributed by atoms with van der Waals surface area (Å²) >= 11 is 0. The van der Waals surface area contributed by atoms with Crippen molar-refractivity contribution in [3.8, 4) is 17.1 Å². The van der Waals surface area contributed by atoms with E-state index in [1.54, 1.807) is 18.2 Å². The fourth-order valence-corrected chi connectivity index (χ4v) is 2.97. The van der Waals surface area contributed by atoms with Gasteiger partial charge in [0.15, 0.2) is 0 Å². The number of benzene rings is 1. The molecule has 0 radical (unpaired) electrons. The van der Waals surface area contributed by atoms with Gasteiger partial charge in [-0.3, -0.25) is 4.57 Å². The summed E-state index contributed by atoms with van der Waals surface area (Å²) in [4.78, 5) is 29.6. The highest BCUT2D eigenvalue weighted by atomic mass is 19.1. The zero-order valence-electron chi connectivity index (χ0n) is 15.5. The molecule has 0 spiro atoms. The number of halogens is 1. The molecule has 0 saturated heterocycles. The Labute approximate surface area is 169 Å². The molecule has 11 heteroatoms. The Kier molecular flexibility index (Phi) is 5.24. The molecular formula is C19H16FN5O5. The smallest absolute Gasteiger partial charge is 0.414 e. The predicted molar refractivity (Wildman–Crippen MR) is 101 cm³/mol. The molecule has 30 heavy (non-hydrogen) atoms. The third-order valence-corrected chi connectivity index (χ3v) is 4.45. The van der Waals surface area contributed by atoms with E-state index in [4.69, 9.17) is 9.47 Å². The van der Waals surface area contributed by atoms with Gasteiger partial charge in [0.1, 0.15) is 19.4 Å². The Morgan fingerprint density at radius 3 is 2.77 bits per heavy atom. The lowest BCUT2D eigenvalue weighted by Gasteiger charge is -2.22. The van der Waals surface area contributed by atoms with Crippen molar-refractivity contribution in [2.75, 3.05) is 6.61 Å². The lowest BCUT2D eigenvalue weighted by Crippen LogP contribution is -2.44. The molecule has 4 rings (SSSR count). The molecule has 0 unspecified atom stereocenters. The minimum absolute atomic E-state index is 0.0587. The van der Waals surface area contributed by atoms with Crippen molar-refractivity contribution in [2.24, 2.45) is 0 Å². The topological polar surface area (TPSA) is 121 Å². The van der Waals surface area contributed by atoms with Gasteiger partial charge in [0.2, 0.25) is 5.95 Å². The summed E-state index contributed by atoms with van der Waals surface area (Å²) in [5, 5.41) is 13.4. The normalized spacial score (nSPS) is 15.0. The lowest BCUT2D eigenvalue weighted by atomic mass is 10.1. The molecule has 1 atom stereocenters. The van der Waals surface area contributed by atoms with Gasteiger partial charge in [-0.2, -0.15) is 4.39 Å². The van der Waals surface area contributed by atoms with Crippen LogP contribution in [0.3, 0.4) is 0 Å². The molecule has 1 N–H and O–H groups in total. The Bertz CT molecular complexity index is 1070. The Morgan fingerprint density at radius 1 is 1.30 bits per heavy atom. The molecule has 1 amide bonds. The van der Waals surface area contributed by atoms with Crippen molar-refractivity contribution in [3.63, 3.8) is 0 Å². The first-order valence-corrected chi connectivity index (χ1v) is 8.96. The van der Waals surface area contributed by atoms with Crippen LogP contribution in [0.1, 0.15) is 5.56 Å². The molecule has 1 aliphatic heterocycles. The van der Waals surface area contributed by atoms with E-state index in [0.717, 1.165) is 16.7 Å². The number of carbonyl (C=O) groups is 1. The molecule has 10 nitrogen and oxygen atoms in total. The van der Waals surface area contributed by atoms with Crippen LogP contribution in [0.2, 0.25) is 0 Å². The van der Waals surface area contributed by atoms with Gasteiger partial charge in [-0.05, 0) is 28.2 Å². The number of rotatable bonds is 5. The van der Waals surface area contributed by atoms with Crippen LogP contribution in [-0.4, -0.2) is 38.2 Å². The number of ether oxygens (including phenoxy) is 2. The van der Waals surface area contributed by atoms with E-state index in [-0.39, 0.29) is 31.6 Å². The number of nitrogens with zero attached hydrogens (tertiary/aromatic N) is 4. The quantitative estimate of drug-likeness (QED) is 0.388. The van der Waals surface area contributed by atoms with Gasteiger partial charge in [0.05, 0.1) is 12.6 Å². The van der Waals surface area contributed by atoms with Crippen LogP contribution in [0, 0.1) is 16.1 Å². The third kappa shape index (κ3) is 4.35. The number of pyridine rings is 1. The molecule has 3 heterocycles. The standard InChI is InChI=1S/C19H16FN5O5/c20-16-6-5-14(7-21-16)13-3-1-12(2-4-13)10-30-19(26)22-15-8-24-9-17(25(27)28)23-18(24)29-11-15/h1-7,9,15H,8,10-11H2,(H,22,26)/t15-/m0/s1. The van der Waals surface area contributed by atoms with E-state index in [1.165, 1.54) is 23.0 Å². The van der Waals surface area contributed by atoms with E-state index >= 15 is 0 Å². The highest BCUT2D eigenvalue weighted by Crippen LogP contribution is 2.22. The maximum Gasteiger partial charge on any atom is 0.414 e. The molecular weight excluding hydrogens is 397 g/mol. The summed E-state index contributed by atoms with van der Waals surface area (Å²) in [7, 11) is 0. The van der Waals surface area contributed by atoms with Crippen molar-refractivity contribution in [2.45, 2.75) is 19.2 Å². The van der Waals surface area contributed by atoms with Gasteiger partial charge in [-0.1, -0.05) is 24.3 Å². The second-order valence-corrected chi connectivity index (χ2v) is 6.59. The molecule has 2 aromatic heterocycles. The highest BCUT2D eigenvalue weighted by molar-refractivity contribution is 5.67. The highest BCUT2D eigenvalue weighted by Gasteiger charge is 2.28. The van der Waals surface area contributed by atoms with Crippen LogP contribution in [0.4, 0.5) is 15.0 Å². The van der Waals surface area contributed by atoms with Crippen LogP contribution in [0.25, 0.3) is 11.1 Å². The first-order chi connectivity index (χ1) is 14.5. The zero-order valence-corrected chi connectivity index (χ0v) is 15.5. The number of fused-ring (bicyclic) bond motifs is 1. The molecule has 3 aromatic rings. The van der Waals surface area contributed by atoms with E-state index in [0.29, 0.717) is 0 Å². The maximum atomic E-state index is 12.9. The summed E-state index contributed by atoms with van der Waals surface area (Å²) in [6.45, 7) is 0.471. The number of nitro groups is 1. The second-order valence-electron chi connectivity index (χ2n) is 6.59. The number of nitrogens with one attached hydrogen (secondary N) is 1. The van der Waals surface area contributed by atoms with Gasteiger partial charge in [-0.15, -0.1) is 0 Å². The predicted octanol–water partition coefficient (Wildman–Crippen LogP) is 2.68. The molecule has 0 fully saturated rings. The summed E-state index contributed by atoms with van der Waals surface area (Å²) in [5.74, 6) is -0.853. The van der Waals surface area contributed by atoms with Gasteiger partial charge in [0, 0.05) is 16.7 Å². The minimum atomic E-state index is -0.631. The van der Waals surface area contributed by atoms with Gasteiger partial charge in [0.25, 0.3) is 0 Å². The molecule has 154 valence electrons. The average Bonchev–Trinajstić information content (AvgIpc) is 3.17. The van der Waals surface area contributed by atoms with Gasteiger partial charge < -0.3 is 24.9 Å². The number of aromatic nitrogens is 3. The van der Waals surface area contributed by atoms with Crippen LogP contribution in [0.5, 0.6) is 6.01 Å². The Hall–Kier alpha value is -4.02. The zero-order chi connectivity index (χ0) is 21.1. The Morgan fingerprint density at radius 2 is 2.07 bits per heavy atom. The van der Waals surface area contributed by atoms with Crippen molar-refractivity contribution >= 4 is 11.9 Å². The van der Waals surface area contributed by atoms with Crippen molar-refractivity contribution < 1.29 is 23.6 Å². The number of carbonyl (C=O) groups excluding carboxylic acids is 1. The Balaban J connectivity index is 1.28. The number of imidazole rings is 1. The first kappa shape index (κ1) is 19.3. The molecule has 0 aliphatic carbocycles. The number of hydrogen-bond donors (Lipinski definition) is 1. The number of hydrogen-bond acceptors (Lipinski definition) is 7. The summed E-state index contributed by atoms with van der Waals surface area (Å²) in [6.07, 6.45) is 2.07. The average molecular weight is 413 g/mol. The van der Waals surface area contributed by atoms with Crippen molar-refractivity contribution in [1.29, 1.82) is 0 Å². The summed E-state index contributed by atoms with van der Waals surface area (Å²) in [5.41, 5.74) is 2.41. The number of alkyl carbamates (subject to hydrolysis) is 1. The maximum absolute atomic E-state index is 12.9. The van der Waals surface area contributed by atoms with E-state index in [1.807, 2.05) is 12.1 Å². The first-order valence-electron chi connectivity index (χ1n) is 8.96. The molecule has 0 bridgehead atoms. The SMILES string of the molecule is O=C(N[C@@H]1COc2nc([N+](=O)[O-])cn2C1)OCc1ccc(-c2ccc(F)nc2)cc1. The van der Waals surface area contributed by atoms with Gasteiger partial charge >= 0.3 is 17.9 Å². The third-order valence-electron chi connectivity index (χ3n) is 4.45. The van der Waals surface area contributed by atoms with E-state index in [2.05, 4.69) is 15.3 Å². The largest absolute Gasteiger partial charge is 0.445 e. The second kappa shape index (κ2) is 8.15. The molecule has 0 saturated carbocycles. The fourth-order valence-electron chi connectivity index (χ4n) is 2.97. The monoisotopic (exact) mass is 413 g/mol. The van der Waals surface area contributed by atoms with E-state index in [9.17, 15) is 19.3 Å². The molecule has 1 aliphatic rings. The fraction of sp³-hybridized carbons (Fsp3) is 0.211. The van der Waals surface area contributed by atoms with Crippen molar-refractivity contribution in [1.82, 2.24) is 19.9 Å². The number of amides is 1. The van der Waals surface area contributed by atoms with Crippen LogP contribution >= 0.6 is 0 Å². The minimum Gasteiger partial charge on any atom is -0.445 e. The van der Waals surface area contributed by atoms with Crippen LogP contribution in [0.15, 0.2) is 48.8 Å². The van der Waals surface area contributed by atoms with Crippen molar-refractivity contribution in [3.05, 3.63) is 70.4 Å². The van der Waals surface area contributed by atoms with Crippen LogP contribution < -0.4 is 10.1 Å². The lowest BCUT2D eigenvalue weighted by molar-refractivity contribution is -0.389.